The first kappa shape index (κ1) is 18.5. The van der Waals surface area contributed by atoms with Gasteiger partial charge in [-0.25, -0.2) is 0 Å². The summed E-state index contributed by atoms with van der Waals surface area (Å²) in [6.07, 6.45) is 7.83. The van der Waals surface area contributed by atoms with E-state index in [1.807, 2.05) is 30.3 Å². The van der Waals surface area contributed by atoms with Crippen molar-refractivity contribution in [3.8, 4) is 5.75 Å². The Kier molecular flexibility index (Phi) is 6.02. The van der Waals surface area contributed by atoms with Gasteiger partial charge in [-0.2, -0.15) is 4.98 Å². The van der Waals surface area contributed by atoms with Crippen LogP contribution in [0.4, 0.5) is 0 Å². The van der Waals surface area contributed by atoms with Gasteiger partial charge in [-0.15, -0.1) is 12.4 Å². The molecule has 1 unspecified atom stereocenters. The first-order valence-electron chi connectivity index (χ1n) is 8.17. The van der Waals surface area contributed by atoms with Crippen molar-refractivity contribution in [1.29, 1.82) is 0 Å². The summed E-state index contributed by atoms with van der Waals surface area (Å²) in [6, 6.07) is 7.91. The highest BCUT2D eigenvalue weighted by atomic mass is 35.5. The van der Waals surface area contributed by atoms with Crippen LogP contribution in [0.1, 0.15) is 56.8 Å². The van der Waals surface area contributed by atoms with Gasteiger partial charge in [-0.1, -0.05) is 30.3 Å². The zero-order valence-electron chi connectivity index (χ0n) is 14.1. The lowest BCUT2D eigenvalue weighted by molar-refractivity contribution is 0.217. The normalized spacial score (nSPS) is 17.1. The van der Waals surface area contributed by atoms with Crippen LogP contribution in [-0.2, 0) is 5.54 Å². The number of benzene rings is 1. The number of hydrogen-bond acceptors (Lipinski definition) is 5. The van der Waals surface area contributed by atoms with Crippen LogP contribution >= 0.6 is 12.4 Å². The summed E-state index contributed by atoms with van der Waals surface area (Å²) in [6.45, 7) is 4.16. The Morgan fingerprint density at radius 3 is 2.75 bits per heavy atom. The van der Waals surface area contributed by atoms with E-state index in [4.69, 9.17) is 15.0 Å². The average molecular weight is 350 g/mol. The van der Waals surface area contributed by atoms with Crippen molar-refractivity contribution in [2.24, 2.45) is 5.73 Å². The number of halogens is 1. The second-order valence-corrected chi connectivity index (χ2v) is 6.17. The molecule has 2 N–H and O–H groups in total. The molecule has 0 aliphatic heterocycles. The summed E-state index contributed by atoms with van der Waals surface area (Å²) in [5, 5.41) is 4.01. The molecule has 1 heterocycles. The second kappa shape index (κ2) is 7.81. The number of nitrogens with two attached hydrogens (primary N) is 1. The van der Waals surface area contributed by atoms with Gasteiger partial charge in [0.1, 0.15) is 5.75 Å². The van der Waals surface area contributed by atoms with Crippen molar-refractivity contribution < 1.29 is 9.26 Å². The van der Waals surface area contributed by atoms with Crippen LogP contribution in [0.25, 0.3) is 12.2 Å². The largest absolute Gasteiger partial charge is 0.490 e. The van der Waals surface area contributed by atoms with Gasteiger partial charge in [0.05, 0.1) is 11.6 Å². The van der Waals surface area contributed by atoms with Gasteiger partial charge in [-0.05, 0) is 44.7 Å². The number of nitrogens with zero attached hydrogens (tertiary/aromatic N) is 2. The van der Waals surface area contributed by atoms with Gasteiger partial charge in [0.25, 0.3) is 5.89 Å². The molecule has 2 aromatic rings. The first-order chi connectivity index (χ1) is 11.1. The Balaban J connectivity index is 0.00000208. The Hall–Kier alpha value is -1.85. The minimum atomic E-state index is -0.396. The lowest BCUT2D eigenvalue weighted by Crippen LogP contribution is -2.44. The molecule has 1 aliphatic rings. The van der Waals surface area contributed by atoms with Crippen molar-refractivity contribution >= 4 is 24.6 Å². The highest BCUT2D eigenvalue weighted by Crippen LogP contribution is 2.37. The molecule has 3 rings (SSSR count). The van der Waals surface area contributed by atoms with Gasteiger partial charge in [0, 0.05) is 11.6 Å². The fraction of sp³-hybridized carbons (Fsp3) is 0.444. The molecule has 1 aromatic carbocycles. The smallest absolute Gasteiger partial charge is 0.250 e. The summed E-state index contributed by atoms with van der Waals surface area (Å²) < 4.78 is 11.2. The zero-order chi connectivity index (χ0) is 16.3. The van der Waals surface area contributed by atoms with E-state index in [1.54, 1.807) is 6.08 Å². The summed E-state index contributed by atoms with van der Waals surface area (Å²) >= 11 is 0. The number of hydrogen-bond donors (Lipinski definition) is 1. The number of aromatic nitrogens is 2. The maximum absolute atomic E-state index is 6.21. The molecule has 6 heteroatoms. The number of rotatable bonds is 6. The van der Waals surface area contributed by atoms with Crippen molar-refractivity contribution in [2.75, 3.05) is 0 Å². The van der Waals surface area contributed by atoms with Crippen LogP contribution in [0.2, 0.25) is 0 Å². The molecular formula is C18H24ClN3O2. The SMILES string of the molecule is CCC(C)Oc1ccccc1/C=C/c1nc(C2(N)CCC2)no1.Cl. The standard InChI is InChI=1S/C18H23N3O2.ClH/c1-3-13(2)22-15-8-5-4-7-14(15)9-10-16-20-17(21-23-16)18(19)11-6-12-18;/h4-5,7-10,13H,3,6,11-12,19H2,1-2H3;1H/b10-9+;. The van der Waals surface area contributed by atoms with Crippen LogP contribution in [0.15, 0.2) is 28.8 Å². The van der Waals surface area contributed by atoms with Crippen molar-refractivity contribution in [2.45, 2.75) is 51.2 Å². The maximum atomic E-state index is 6.21. The number of para-hydroxylation sites is 1. The summed E-state index contributed by atoms with van der Waals surface area (Å²) in [5.41, 5.74) is 6.80. The van der Waals surface area contributed by atoms with E-state index in [0.717, 1.165) is 37.0 Å². The minimum Gasteiger partial charge on any atom is -0.490 e. The Morgan fingerprint density at radius 2 is 2.08 bits per heavy atom. The quantitative estimate of drug-likeness (QED) is 0.846. The molecule has 0 amide bonds. The second-order valence-electron chi connectivity index (χ2n) is 6.17. The van der Waals surface area contributed by atoms with Crippen LogP contribution in [-0.4, -0.2) is 16.2 Å². The first-order valence-corrected chi connectivity index (χ1v) is 8.17. The molecule has 5 nitrogen and oxygen atoms in total. The minimum absolute atomic E-state index is 0. The third kappa shape index (κ3) is 3.97. The van der Waals surface area contributed by atoms with Crippen LogP contribution in [0.5, 0.6) is 5.75 Å². The summed E-state index contributed by atoms with van der Waals surface area (Å²) in [5.74, 6) is 1.93. The third-order valence-electron chi connectivity index (χ3n) is 4.36. The zero-order valence-corrected chi connectivity index (χ0v) is 14.9. The van der Waals surface area contributed by atoms with E-state index in [1.165, 1.54) is 0 Å². The van der Waals surface area contributed by atoms with E-state index in [2.05, 4.69) is 24.0 Å². The lowest BCUT2D eigenvalue weighted by atomic mass is 9.77. The predicted molar refractivity (Wildman–Crippen MR) is 97.0 cm³/mol. The molecule has 1 aliphatic carbocycles. The van der Waals surface area contributed by atoms with Crippen LogP contribution in [0, 0.1) is 0 Å². The maximum Gasteiger partial charge on any atom is 0.250 e. The molecule has 0 radical (unpaired) electrons. The van der Waals surface area contributed by atoms with Gasteiger partial charge >= 0.3 is 0 Å². The van der Waals surface area contributed by atoms with Gasteiger partial charge < -0.3 is 15.0 Å². The molecule has 1 atom stereocenters. The van der Waals surface area contributed by atoms with E-state index in [-0.39, 0.29) is 18.5 Å². The monoisotopic (exact) mass is 349 g/mol. The topological polar surface area (TPSA) is 74.2 Å². The fourth-order valence-corrected chi connectivity index (χ4v) is 2.47. The van der Waals surface area contributed by atoms with E-state index in [0.29, 0.717) is 11.7 Å². The fourth-order valence-electron chi connectivity index (χ4n) is 2.47. The molecule has 1 aromatic heterocycles. The van der Waals surface area contributed by atoms with Crippen LogP contribution in [0.3, 0.4) is 0 Å². The Morgan fingerprint density at radius 1 is 1.33 bits per heavy atom. The van der Waals surface area contributed by atoms with Gasteiger partial charge in [0.2, 0.25) is 0 Å². The highest BCUT2D eigenvalue weighted by Gasteiger charge is 2.38. The molecule has 0 saturated heterocycles. The lowest BCUT2D eigenvalue weighted by Gasteiger charge is -2.34. The van der Waals surface area contributed by atoms with Gasteiger partial charge in [-0.3, -0.25) is 0 Å². The van der Waals surface area contributed by atoms with Crippen LogP contribution < -0.4 is 10.5 Å². The van der Waals surface area contributed by atoms with E-state index < -0.39 is 5.54 Å². The molecule has 24 heavy (non-hydrogen) atoms. The average Bonchev–Trinajstić information content (AvgIpc) is 3.01. The van der Waals surface area contributed by atoms with E-state index >= 15 is 0 Å². The summed E-state index contributed by atoms with van der Waals surface area (Å²) in [4.78, 5) is 4.40. The van der Waals surface area contributed by atoms with Crippen molar-refractivity contribution in [3.05, 3.63) is 41.5 Å². The summed E-state index contributed by atoms with van der Waals surface area (Å²) in [7, 11) is 0. The molecule has 0 bridgehead atoms. The molecular weight excluding hydrogens is 326 g/mol. The third-order valence-corrected chi connectivity index (χ3v) is 4.36. The Labute approximate surface area is 148 Å². The predicted octanol–water partition coefficient (Wildman–Crippen LogP) is 4.18. The Bertz CT molecular complexity index is 695. The molecule has 130 valence electrons. The van der Waals surface area contributed by atoms with Gasteiger partial charge in [0.15, 0.2) is 5.82 Å². The molecule has 1 saturated carbocycles. The van der Waals surface area contributed by atoms with Crippen molar-refractivity contribution in [1.82, 2.24) is 10.1 Å². The number of ether oxygens (including phenoxy) is 1. The highest BCUT2D eigenvalue weighted by molar-refractivity contribution is 5.85. The van der Waals surface area contributed by atoms with Crippen molar-refractivity contribution in [3.63, 3.8) is 0 Å². The molecule has 1 fully saturated rings. The molecule has 0 spiro atoms. The van der Waals surface area contributed by atoms with E-state index in [9.17, 15) is 0 Å².